The number of nitrogens with zero attached hydrogens (tertiary/aromatic N) is 2. The van der Waals surface area contributed by atoms with Gasteiger partial charge in [0, 0.05) is 38.2 Å². The summed E-state index contributed by atoms with van der Waals surface area (Å²) in [4.78, 5) is 5.03. The molecule has 10 aromatic carbocycles. The minimum atomic E-state index is -2.18. The number of hydrogen-bond donors (Lipinski definition) is 0. The number of anilines is 6. The van der Waals surface area contributed by atoms with E-state index >= 15 is 0 Å². The molecule has 0 saturated carbocycles. The van der Waals surface area contributed by atoms with Gasteiger partial charge in [-0.25, -0.2) is 0 Å². The van der Waals surface area contributed by atoms with E-state index in [1.54, 1.807) is 0 Å². The second-order valence-corrected chi connectivity index (χ2v) is 31.1. The first-order valence-corrected chi connectivity index (χ1v) is 30.7. The molecule has 10 aromatic rings. The van der Waals surface area contributed by atoms with Gasteiger partial charge in [0.15, 0.2) is 0 Å². The van der Waals surface area contributed by atoms with Crippen LogP contribution in [-0.2, 0) is 4.66 Å². The van der Waals surface area contributed by atoms with Crippen molar-refractivity contribution in [3.63, 3.8) is 0 Å². The first-order valence-electron chi connectivity index (χ1n) is 23.7. The van der Waals surface area contributed by atoms with Gasteiger partial charge in [-0.3, -0.25) is 0 Å². The first kappa shape index (κ1) is 42.4. The van der Waals surface area contributed by atoms with Crippen LogP contribution >= 0.6 is 0 Å². The molecule has 2 nitrogen and oxygen atoms in total. The molecule has 67 heavy (non-hydrogen) atoms. The van der Waals surface area contributed by atoms with Gasteiger partial charge in [-0.2, -0.15) is 0 Å². The Labute approximate surface area is 398 Å². The molecule has 0 spiro atoms. The van der Waals surface area contributed by atoms with Gasteiger partial charge in [-0.05, 0) is 116 Å². The summed E-state index contributed by atoms with van der Waals surface area (Å²) >= 11 is 0. The fourth-order valence-electron chi connectivity index (χ4n) is 12.0. The SMILES string of the molecule is C[Si](C)(C)C1([Si](C)(C)C)c2cc(N(c3ccccc3)c3ccc(-c4ccccc4)cc3)c3ccccc3c2-c2c1cc(N(c1ccccc1)c1ccc(-c3ccccc3)cc1)c1ccccc21. The Kier molecular flexibility index (Phi) is 10.5. The summed E-state index contributed by atoms with van der Waals surface area (Å²) in [6.45, 7) is 15.8. The van der Waals surface area contributed by atoms with Crippen molar-refractivity contribution < 1.29 is 0 Å². The number of hydrogen-bond acceptors (Lipinski definition) is 2. The summed E-state index contributed by atoms with van der Waals surface area (Å²) in [7, 11) is -4.37. The molecule has 11 rings (SSSR count). The molecule has 0 aliphatic heterocycles. The Bertz CT molecular complexity index is 3160. The monoisotopic (exact) mass is 896 g/mol. The predicted octanol–water partition coefficient (Wildman–Crippen LogP) is 18.3. The van der Waals surface area contributed by atoms with Crippen LogP contribution in [0.3, 0.4) is 0 Å². The Balaban J connectivity index is 1.21. The zero-order chi connectivity index (χ0) is 45.9. The van der Waals surface area contributed by atoms with Gasteiger partial charge in [0.1, 0.15) is 0 Å². The second kappa shape index (κ2) is 16.6. The van der Waals surface area contributed by atoms with Gasteiger partial charge in [-0.1, -0.05) is 209 Å². The lowest BCUT2D eigenvalue weighted by atomic mass is 9.92. The van der Waals surface area contributed by atoms with E-state index in [1.165, 1.54) is 77.4 Å². The minimum absolute atomic E-state index is 0.165. The highest BCUT2D eigenvalue weighted by Gasteiger charge is 2.60. The number of para-hydroxylation sites is 2. The molecule has 0 radical (unpaired) electrons. The Hall–Kier alpha value is -7.25. The van der Waals surface area contributed by atoms with E-state index in [1.807, 2.05) is 0 Å². The Morgan fingerprint density at radius 3 is 0.881 bits per heavy atom. The van der Waals surface area contributed by atoms with Crippen molar-refractivity contribution in [2.24, 2.45) is 0 Å². The fraction of sp³-hybridized carbons (Fsp3) is 0.111. The smallest absolute Gasteiger partial charge is 0.0579 e. The lowest BCUT2D eigenvalue weighted by Gasteiger charge is -2.51. The Morgan fingerprint density at radius 1 is 0.284 bits per heavy atom. The van der Waals surface area contributed by atoms with Crippen LogP contribution in [-0.4, -0.2) is 16.1 Å². The topological polar surface area (TPSA) is 6.48 Å². The van der Waals surface area contributed by atoms with E-state index in [0.29, 0.717) is 0 Å². The highest BCUT2D eigenvalue weighted by atomic mass is 28.4. The largest absolute Gasteiger partial charge is 0.310 e. The van der Waals surface area contributed by atoms with Crippen LogP contribution in [0.5, 0.6) is 0 Å². The normalized spacial score (nSPS) is 13.0. The van der Waals surface area contributed by atoms with E-state index in [0.717, 1.165) is 22.7 Å². The van der Waals surface area contributed by atoms with E-state index in [-0.39, 0.29) is 4.66 Å². The summed E-state index contributed by atoms with van der Waals surface area (Å²) in [5.74, 6) is 0. The van der Waals surface area contributed by atoms with Gasteiger partial charge in [0.05, 0.1) is 27.5 Å². The lowest BCUT2D eigenvalue weighted by Crippen LogP contribution is -2.63. The number of benzene rings is 10. The van der Waals surface area contributed by atoms with Crippen LogP contribution < -0.4 is 9.80 Å². The predicted molar refractivity (Wildman–Crippen MR) is 295 cm³/mol. The molecule has 0 N–H and O–H groups in total. The summed E-state index contributed by atoms with van der Waals surface area (Å²) in [5, 5.41) is 5.13. The van der Waals surface area contributed by atoms with E-state index < -0.39 is 16.1 Å². The molecule has 0 aromatic heterocycles. The van der Waals surface area contributed by atoms with Gasteiger partial charge in [0.2, 0.25) is 0 Å². The third-order valence-corrected chi connectivity index (χ3v) is 24.4. The van der Waals surface area contributed by atoms with E-state index in [4.69, 9.17) is 0 Å². The molecular formula is C63H56N2Si2. The number of fused-ring (bicyclic) bond motifs is 7. The molecule has 0 saturated heterocycles. The molecule has 1 aliphatic carbocycles. The molecule has 1 aliphatic rings. The Morgan fingerprint density at radius 2 is 0.552 bits per heavy atom. The molecule has 4 heteroatoms. The van der Waals surface area contributed by atoms with Gasteiger partial charge < -0.3 is 9.80 Å². The average molecular weight is 897 g/mol. The maximum absolute atomic E-state index is 2.65. The van der Waals surface area contributed by atoms with Crippen LogP contribution in [0.2, 0.25) is 39.3 Å². The third-order valence-electron chi connectivity index (χ3n) is 14.3. The van der Waals surface area contributed by atoms with Crippen LogP contribution in [0.1, 0.15) is 11.1 Å². The maximum atomic E-state index is 2.65. The van der Waals surface area contributed by atoms with Crippen molar-refractivity contribution in [2.45, 2.75) is 43.9 Å². The first-order chi connectivity index (χ1) is 32.5. The van der Waals surface area contributed by atoms with Gasteiger partial charge in [0.25, 0.3) is 0 Å². The highest BCUT2D eigenvalue weighted by molar-refractivity contribution is 7.00. The number of rotatable bonds is 10. The molecule has 0 heterocycles. The van der Waals surface area contributed by atoms with Crippen molar-refractivity contribution in [3.05, 3.63) is 242 Å². The fourth-order valence-corrected chi connectivity index (χ4v) is 25.0. The molecule has 0 atom stereocenters. The van der Waals surface area contributed by atoms with Crippen molar-refractivity contribution in [1.82, 2.24) is 0 Å². The molecular weight excluding hydrogens is 841 g/mol. The lowest BCUT2D eigenvalue weighted by molar-refractivity contribution is 0.953. The van der Waals surface area contributed by atoms with Crippen LogP contribution in [0.15, 0.2) is 231 Å². The van der Waals surface area contributed by atoms with Gasteiger partial charge >= 0.3 is 0 Å². The third kappa shape index (κ3) is 6.97. The molecule has 326 valence electrons. The van der Waals surface area contributed by atoms with Crippen molar-refractivity contribution in [2.75, 3.05) is 9.80 Å². The highest BCUT2D eigenvalue weighted by Crippen LogP contribution is 2.63. The van der Waals surface area contributed by atoms with Crippen LogP contribution in [0.4, 0.5) is 34.1 Å². The quantitative estimate of drug-likeness (QED) is 0.126. The zero-order valence-electron chi connectivity index (χ0n) is 39.3. The summed E-state index contributed by atoms with van der Waals surface area (Å²) < 4.78 is -0.165. The van der Waals surface area contributed by atoms with Crippen molar-refractivity contribution in [1.29, 1.82) is 0 Å². The van der Waals surface area contributed by atoms with Crippen LogP contribution in [0.25, 0.3) is 54.9 Å². The minimum Gasteiger partial charge on any atom is -0.310 e. The van der Waals surface area contributed by atoms with E-state index in [9.17, 15) is 0 Å². The standard InChI is InChI=1S/C63H56N2Si2/c1-66(2,3)63(67(4,5)6)57-43-59(64(49-27-15-9-16-28-49)51-39-35-47(36-40-51)45-23-11-7-12-24-45)53-31-19-21-33-55(53)61(57)62-56-34-22-20-32-54(56)60(44-58(62)63)65(50-29-17-10-18-30-50)52-41-37-48(38-42-52)46-25-13-8-14-26-46/h7-44H,1-6H3. The maximum Gasteiger partial charge on any atom is 0.0579 e. The van der Waals surface area contributed by atoms with Gasteiger partial charge in [-0.15, -0.1) is 0 Å². The molecule has 0 fully saturated rings. The zero-order valence-corrected chi connectivity index (χ0v) is 41.3. The summed E-state index contributed by atoms with van der Waals surface area (Å²) in [5.41, 5.74) is 17.7. The second-order valence-electron chi connectivity index (χ2n) is 20.1. The van der Waals surface area contributed by atoms with Crippen molar-refractivity contribution >= 4 is 71.8 Å². The van der Waals surface area contributed by atoms with E-state index in [2.05, 4.69) is 280 Å². The molecule has 0 unspecified atom stereocenters. The molecule has 0 amide bonds. The average Bonchev–Trinajstić information content (AvgIpc) is 3.68. The summed E-state index contributed by atoms with van der Waals surface area (Å²) in [6, 6.07) is 85.5. The summed E-state index contributed by atoms with van der Waals surface area (Å²) in [6.07, 6.45) is 0. The van der Waals surface area contributed by atoms with Crippen LogP contribution in [0, 0.1) is 0 Å². The van der Waals surface area contributed by atoms with Crippen molar-refractivity contribution in [3.8, 4) is 33.4 Å². The molecule has 0 bridgehead atoms.